The first-order valence-corrected chi connectivity index (χ1v) is 13.1. The zero-order chi connectivity index (χ0) is 24.8. The number of nitrogens with one attached hydrogen (secondary N) is 2. The van der Waals surface area contributed by atoms with Gasteiger partial charge in [-0.1, -0.05) is 56.4 Å². The van der Waals surface area contributed by atoms with E-state index in [2.05, 4.69) is 15.5 Å². The summed E-state index contributed by atoms with van der Waals surface area (Å²) in [4.78, 5) is 28.6. The standard InChI is InChI=1S/C29H38FN3O2/c1-20-8-6-7-11-25(20)21(2)28(34)32-26(18-22-9-4-3-5-10-22)29(35)31-15-17-33-16-14-23-19-24(30)12-13-27(23)33/h6-8,11-13,19,21-22,26H,3-5,9-10,14-18H2,1-2H3,(H,31,35)(H,32,34)/t21?,26-/m0/s1. The Morgan fingerprint density at radius 3 is 2.63 bits per heavy atom. The van der Waals surface area contributed by atoms with Crippen molar-refractivity contribution in [3.63, 3.8) is 0 Å². The fraction of sp³-hybridized carbons (Fsp3) is 0.517. The van der Waals surface area contributed by atoms with Crippen molar-refractivity contribution in [2.24, 2.45) is 5.92 Å². The second kappa shape index (κ2) is 11.7. The lowest BCUT2D eigenvalue weighted by molar-refractivity contribution is -0.130. The maximum atomic E-state index is 13.5. The van der Waals surface area contributed by atoms with Crippen LogP contribution >= 0.6 is 0 Å². The number of nitrogens with zero attached hydrogens (tertiary/aromatic N) is 1. The highest BCUT2D eigenvalue weighted by Gasteiger charge is 2.28. The van der Waals surface area contributed by atoms with Crippen molar-refractivity contribution in [2.45, 2.75) is 70.8 Å². The first-order valence-electron chi connectivity index (χ1n) is 13.1. The molecule has 2 aliphatic rings. The number of amides is 2. The number of halogens is 1. The molecule has 2 N–H and O–H groups in total. The molecule has 4 rings (SSSR count). The van der Waals surface area contributed by atoms with Gasteiger partial charge in [-0.15, -0.1) is 0 Å². The van der Waals surface area contributed by atoms with E-state index in [0.29, 0.717) is 25.4 Å². The molecule has 2 aromatic rings. The molecule has 2 atom stereocenters. The average molecular weight is 480 g/mol. The highest BCUT2D eigenvalue weighted by Crippen LogP contribution is 2.29. The van der Waals surface area contributed by atoms with Crippen LogP contribution in [0.1, 0.15) is 68.1 Å². The molecular weight excluding hydrogens is 441 g/mol. The van der Waals surface area contributed by atoms with Crippen LogP contribution in [0.25, 0.3) is 0 Å². The molecule has 2 amide bonds. The Labute approximate surface area is 208 Å². The van der Waals surface area contributed by atoms with Crippen LogP contribution in [-0.4, -0.2) is 37.5 Å². The van der Waals surface area contributed by atoms with Crippen molar-refractivity contribution in [3.05, 3.63) is 65.0 Å². The lowest BCUT2D eigenvalue weighted by atomic mass is 9.84. The van der Waals surface area contributed by atoms with Gasteiger partial charge in [0.1, 0.15) is 11.9 Å². The molecule has 0 radical (unpaired) electrons. The van der Waals surface area contributed by atoms with Gasteiger partial charge in [-0.2, -0.15) is 0 Å². The minimum atomic E-state index is -0.531. The van der Waals surface area contributed by atoms with Gasteiger partial charge in [-0.05, 0) is 67.5 Å². The zero-order valence-corrected chi connectivity index (χ0v) is 21.0. The molecule has 188 valence electrons. The maximum Gasteiger partial charge on any atom is 0.242 e. The quantitative estimate of drug-likeness (QED) is 0.539. The highest BCUT2D eigenvalue weighted by molar-refractivity contribution is 5.90. The van der Waals surface area contributed by atoms with Crippen LogP contribution in [0.3, 0.4) is 0 Å². The number of hydrogen-bond donors (Lipinski definition) is 2. The minimum absolute atomic E-state index is 0.106. The van der Waals surface area contributed by atoms with Gasteiger partial charge in [-0.3, -0.25) is 9.59 Å². The summed E-state index contributed by atoms with van der Waals surface area (Å²) in [6.45, 7) is 5.88. The highest BCUT2D eigenvalue weighted by atomic mass is 19.1. The van der Waals surface area contributed by atoms with Crippen molar-refractivity contribution >= 4 is 17.5 Å². The lowest BCUT2D eigenvalue weighted by Crippen LogP contribution is -2.50. The monoisotopic (exact) mass is 479 g/mol. The van der Waals surface area contributed by atoms with Crippen LogP contribution in [0, 0.1) is 18.7 Å². The van der Waals surface area contributed by atoms with Crippen molar-refractivity contribution in [1.29, 1.82) is 0 Å². The molecule has 0 bridgehead atoms. The van der Waals surface area contributed by atoms with Crippen LogP contribution in [0.5, 0.6) is 0 Å². The first kappa shape index (κ1) is 25.2. The fourth-order valence-corrected chi connectivity index (χ4v) is 5.61. The largest absolute Gasteiger partial charge is 0.369 e. The SMILES string of the molecule is Cc1ccccc1C(C)C(=O)N[C@@H](CC1CCCCC1)C(=O)NCCN1CCc2cc(F)ccc21. The van der Waals surface area contributed by atoms with Gasteiger partial charge in [0.25, 0.3) is 0 Å². The van der Waals surface area contributed by atoms with E-state index in [1.165, 1.54) is 25.3 Å². The van der Waals surface area contributed by atoms with Crippen molar-refractivity contribution in [2.75, 3.05) is 24.5 Å². The van der Waals surface area contributed by atoms with E-state index in [9.17, 15) is 14.0 Å². The number of carbonyl (C=O) groups excluding carboxylic acids is 2. The second-order valence-corrected chi connectivity index (χ2v) is 10.2. The third-order valence-electron chi connectivity index (χ3n) is 7.69. The minimum Gasteiger partial charge on any atom is -0.369 e. The van der Waals surface area contributed by atoms with Gasteiger partial charge in [0, 0.05) is 25.3 Å². The molecule has 1 aliphatic carbocycles. The summed E-state index contributed by atoms with van der Waals surface area (Å²) >= 11 is 0. The summed E-state index contributed by atoms with van der Waals surface area (Å²) in [5.74, 6) is -0.279. The number of hydrogen-bond acceptors (Lipinski definition) is 3. The summed E-state index contributed by atoms with van der Waals surface area (Å²) in [6, 6.07) is 12.3. The van der Waals surface area contributed by atoms with E-state index >= 15 is 0 Å². The van der Waals surface area contributed by atoms with Crippen LogP contribution in [0.4, 0.5) is 10.1 Å². The molecular formula is C29H38FN3O2. The molecule has 1 saturated carbocycles. The van der Waals surface area contributed by atoms with Gasteiger partial charge in [0.15, 0.2) is 0 Å². The van der Waals surface area contributed by atoms with E-state index in [0.717, 1.165) is 48.2 Å². The van der Waals surface area contributed by atoms with Gasteiger partial charge in [-0.25, -0.2) is 4.39 Å². The smallest absolute Gasteiger partial charge is 0.242 e. The zero-order valence-electron chi connectivity index (χ0n) is 21.0. The molecule has 1 heterocycles. The molecule has 6 heteroatoms. The Morgan fingerprint density at radius 2 is 1.86 bits per heavy atom. The Morgan fingerprint density at radius 1 is 1.09 bits per heavy atom. The van der Waals surface area contributed by atoms with Crippen molar-refractivity contribution in [3.8, 4) is 0 Å². The van der Waals surface area contributed by atoms with E-state index in [4.69, 9.17) is 0 Å². The van der Waals surface area contributed by atoms with E-state index in [1.54, 1.807) is 6.07 Å². The summed E-state index contributed by atoms with van der Waals surface area (Å²) in [5.41, 5.74) is 4.13. The molecule has 2 aromatic carbocycles. The predicted octanol–water partition coefficient (Wildman–Crippen LogP) is 4.87. The fourth-order valence-electron chi connectivity index (χ4n) is 5.61. The first-order chi connectivity index (χ1) is 16.9. The van der Waals surface area contributed by atoms with Crippen molar-refractivity contribution < 1.29 is 14.0 Å². The third kappa shape index (κ3) is 6.41. The molecule has 35 heavy (non-hydrogen) atoms. The molecule has 5 nitrogen and oxygen atoms in total. The van der Waals surface area contributed by atoms with Crippen molar-refractivity contribution in [1.82, 2.24) is 10.6 Å². The third-order valence-corrected chi connectivity index (χ3v) is 7.69. The summed E-state index contributed by atoms with van der Waals surface area (Å²) in [6.07, 6.45) is 7.39. The topological polar surface area (TPSA) is 61.4 Å². The van der Waals surface area contributed by atoms with Crippen LogP contribution in [-0.2, 0) is 16.0 Å². The number of aryl methyl sites for hydroxylation is 1. The number of benzene rings is 2. The van der Waals surface area contributed by atoms with Gasteiger partial charge >= 0.3 is 0 Å². The summed E-state index contributed by atoms with van der Waals surface area (Å²) in [7, 11) is 0. The Balaban J connectivity index is 1.37. The molecule has 1 fully saturated rings. The second-order valence-electron chi connectivity index (χ2n) is 10.2. The van der Waals surface area contributed by atoms with E-state index in [1.807, 2.05) is 44.2 Å². The van der Waals surface area contributed by atoms with Gasteiger partial charge in [0.05, 0.1) is 5.92 Å². The summed E-state index contributed by atoms with van der Waals surface area (Å²) in [5, 5.41) is 6.15. The Bertz CT molecular complexity index is 1030. The maximum absolute atomic E-state index is 13.5. The van der Waals surface area contributed by atoms with Gasteiger partial charge < -0.3 is 15.5 Å². The van der Waals surface area contributed by atoms with Crippen LogP contribution < -0.4 is 15.5 Å². The molecule has 1 unspecified atom stereocenters. The van der Waals surface area contributed by atoms with Crippen LogP contribution in [0.2, 0.25) is 0 Å². The molecule has 1 aliphatic heterocycles. The summed E-state index contributed by atoms with van der Waals surface area (Å²) < 4.78 is 13.5. The molecule has 0 spiro atoms. The number of anilines is 1. The Kier molecular flexibility index (Phi) is 8.42. The van der Waals surface area contributed by atoms with E-state index < -0.39 is 6.04 Å². The number of fused-ring (bicyclic) bond motifs is 1. The normalized spacial score (nSPS) is 17.5. The molecule has 0 saturated heterocycles. The Hall–Kier alpha value is -2.89. The van der Waals surface area contributed by atoms with Gasteiger partial charge in [0.2, 0.25) is 11.8 Å². The number of rotatable bonds is 9. The molecule has 0 aromatic heterocycles. The van der Waals surface area contributed by atoms with Crippen LogP contribution in [0.15, 0.2) is 42.5 Å². The predicted molar refractivity (Wildman–Crippen MR) is 138 cm³/mol. The lowest BCUT2D eigenvalue weighted by Gasteiger charge is -2.28. The van der Waals surface area contributed by atoms with E-state index in [-0.39, 0.29) is 23.5 Å². The average Bonchev–Trinajstić information content (AvgIpc) is 3.25. The number of carbonyl (C=O) groups is 2.